The molecule has 5 N–H and O–H groups in total. The standard InChI is InChI=1S/C22H28N6OS2.C16H28N2O3Si.C12H16N4S2/c1-22(2)6-3-16-17(11-22)26-27-18(16)20(29)25-15-12-24-28(13-15)19(21-23-7-10-31-21)14-4-8-30-9-5-14;1-16(2)7-6-12-13(10-16)18(17-14(12)15(19)20)11-21-8-9-22(3,4)5;13-10-7-15-16(8-10)11(12-14-3-6-18-12)9-1-4-17-5-2-9/h7,10,12-14,19H,3-6,8-9,11H2,1-2H3,(H,25,29)(H,26,27);6-11H2,1-5H3,(H,19,20);3,6-9,11H,1-2,4-5,13H2. The smallest absolute Gasteiger partial charge is 0.356 e. The SMILES string of the molecule is CC1(C)CCc2c(C(=O)Nc3cnn(C(c4nccs4)C4CCSCC4)c3)n[nH]c2C1.CC1(C)CCc2c(C(=O)O)nn(COCC[Si](C)(C)C)c2C1.Nc1cnn(C(c2nccs2)C2CCSCC2)c1. The van der Waals surface area contributed by atoms with Crippen LogP contribution in [0.25, 0.3) is 0 Å². The summed E-state index contributed by atoms with van der Waals surface area (Å²) in [7, 11) is -1.11. The average molecular weight is 1060 g/mol. The number of hydrogen-bond acceptors (Lipinski definition) is 14. The number of aromatic nitrogens is 10. The van der Waals surface area contributed by atoms with Gasteiger partial charge in [-0.1, -0.05) is 47.3 Å². The molecule has 0 aromatic carbocycles. The molecule has 1 amide bonds. The number of carbonyl (C=O) groups excluding carboxylic acids is 1. The maximum atomic E-state index is 13.0. The first kappa shape index (κ1) is 53.0. The van der Waals surface area contributed by atoms with Crippen LogP contribution in [0.2, 0.25) is 25.7 Å². The van der Waals surface area contributed by atoms with Crippen molar-refractivity contribution in [3.05, 3.63) is 91.9 Å². The highest BCUT2D eigenvalue weighted by molar-refractivity contribution is 7.99. The van der Waals surface area contributed by atoms with Gasteiger partial charge in [0.05, 0.1) is 23.8 Å². The summed E-state index contributed by atoms with van der Waals surface area (Å²) in [6.07, 6.45) is 21.4. The van der Waals surface area contributed by atoms with Crippen LogP contribution in [0.5, 0.6) is 0 Å². The van der Waals surface area contributed by atoms with Crippen LogP contribution in [-0.4, -0.2) is 104 Å². The van der Waals surface area contributed by atoms with Crippen molar-refractivity contribution in [1.29, 1.82) is 0 Å². The van der Waals surface area contributed by atoms with Gasteiger partial charge in [-0.25, -0.2) is 19.4 Å². The van der Waals surface area contributed by atoms with E-state index in [2.05, 4.69) is 88.1 Å². The van der Waals surface area contributed by atoms with E-state index in [4.69, 9.17) is 10.5 Å². The summed E-state index contributed by atoms with van der Waals surface area (Å²) in [6.45, 7) is 17.0. The van der Waals surface area contributed by atoms with Gasteiger partial charge in [-0.3, -0.25) is 19.3 Å². The minimum absolute atomic E-state index is 0.118. The van der Waals surface area contributed by atoms with Crippen molar-refractivity contribution in [3.63, 3.8) is 0 Å². The second kappa shape index (κ2) is 23.3. The monoisotopic (exact) mass is 1060 g/mol. The predicted molar refractivity (Wildman–Crippen MR) is 291 cm³/mol. The average Bonchev–Trinajstić information content (AvgIpc) is 4.20. The van der Waals surface area contributed by atoms with Crippen LogP contribution in [0.15, 0.2) is 47.9 Å². The molecule has 0 radical (unpaired) electrons. The molecule has 8 heterocycles. The van der Waals surface area contributed by atoms with Gasteiger partial charge >= 0.3 is 5.97 Å². The Balaban J connectivity index is 0.000000149. The molecule has 2 unspecified atom stereocenters. The van der Waals surface area contributed by atoms with Crippen molar-refractivity contribution >= 4 is 77.5 Å². The number of H-pyrrole nitrogens is 1. The third-order valence-corrected chi connectivity index (χ3v) is 19.5. The number of thiazole rings is 2. The Morgan fingerprint density at radius 2 is 1.42 bits per heavy atom. The maximum absolute atomic E-state index is 13.0. The van der Waals surface area contributed by atoms with Crippen LogP contribution in [0, 0.1) is 22.7 Å². The van der Waals surface area contributed by atoms with Crippen molar-refractivity contribution in [1.82, 2.24) is 49.5 Å². The Morgan fingerprint density at radius 3 is 1.97 bits per heavy atom. The molecule has 6 aromatic heterocycles. The highest BCUT2D eigenvalue weighted by Gasteiger charge is 2.35. The molecule has 71 heavy (non-hydrogen) atoms. The van der Waals surface area contributed by atoms with E-state index < -0.39 is 14.0 Å². The predicted octanol–water partition coefficient (Wildman–Crippen LogP) is 10.6. The number of carboxylic acid groups (broad SMARTS) is 1. The summed E-state index contributed by atoms with van der Waals surface area (Å²) >= 11 is 7.45. The number of nitrogens with one attached hydrogen (secondary N) is 2. The molecule has 2 aliphatic heterocycles. The number of nitrogen functional groups attached to an aromatic ring is 1. The Kier molecular flexibility index (Phi) is 17.4. The van der Waals surface area contributed by atoms with E-state index in [0.29, 0.717) is 29.9 Å². The summed E-state index contributed by atoms with van der Waals surface area (Å²) < 4.78 is 11.5. The number of fused-ring (bicyclic) bond motifs is 2. The van der Waals surface area contributed by atoms with Crippen molar-refractivity contribution in [3.8, 4) is 0 Å². The first-order valence-corrected chi connectivity index (χ1v) is 32.8. The number of thioether (sulfide) groups is 2. The van der Waals surface area contributed by atoms with Crippen molar-refractivity contribution in [2.24, 2.45) is 22.7 Å². The lowest BCUT2D eigenvalue weighted by Crippen LogP contribution is -2.25. The van der Waals surface area contributed by atoms with Crippen LogP contribution < -0.4 is 11.1 Å². The number of nitrogens with two attached hydrogens (primary N) is 1. The van der Waals surface area contributed by atoms with Gasteiger partial charge in [-0.15, -0.1) is 22.7 Å². The molecule has 2 atom stereocenters. The molecule has 10 rings (SSSR count). The second-order valence-corrected chi connectivity index (χ2v) is 32.0. The third kappa shape index (κ3) is 13.9. The number of nitrogens with zero attached hydrogens (tertiary/aromatic N) is 9. The first-order valence-electron chi connectivity index (χ1n) is 25.0. The van der Waals surface area contributed by atoms with Crippen LogP contribution in [-0.2, 0) is 37.2 Å². The van der Waals surface area contributed by atoms with Crippen LogP contribution in [0.3, 0.4) is 0 Å². The maximum Gasteiger partial charge on any atom is 0.356 e. The Labute approximate surface area is 435 Å². The van der Waals surface area contributed by atoms with Gasteiger partial charge in [-0.05, 0) is 116 Å². The zero-order valence-corrected chi connectivity index (χ0v) is 46.6. The molecule has 2 aliphatic carbocycles. The van der Waals surface area contributed by atoms with E-state index in [0.717, 1.165) is 102 Å². The number of carboxylic acids is 1. The fraction of sp³-hybridized carbons (Fsp3) is 0.600. The molecule has 0 spiro atoms. The van der Waals surface area contributed by atoms with Crippen molar-refractivity contribution < 1.29 is 19.4 Å². The topological polar surface area (TPSA) is 210 Å². The number of ether oxygens (including phenoxy) is 1. The number of hydrogen-bond donors (Lipinski definition) is 4. The number of aromatic amines is 1. The van der Waals surface area contributed by atoms with Gasteiger partial charge in [0.2, 0.25) is 0 Å². The quantitative estimate of drug-likeness (QED) is 0.0592. The molecule has 384 valence electrons. The Morgan fingerprint density at radius 1 is 0.845 bits per heavy atom. The molecule has 0 saturated carbocycles. The first-order chi connectivity index (χ1) is 33.9. The van der Waals surface area contributed by atoms with Gasteiger partial charge in [-0.2, -0.15) is 43.9 Å². The lowest BCUT2D eigenvalue weighted by atomic mass is 9.76. The highest BCUT2D eigenvalue weighted by Crippen LogP contribution is 2.40. The fourth-order valence-electron chi connectivity index (χ4n) is 9.98. The molecule has 0 bridgehead atoms. The highest BCUT2D eigenvalue weighted by atomic mass is 32.2. The van der Waals surface area contributed by atoms with Crippen LogP contribution in [0.1, 0.15) is 132 Å². The summed E-state index contributed by atoms with van der Waals surface area (Å²) in [4.78, 5) is 33.4. The number of carbonyl (C=O) groups is 2. The van der Waals surface area contributed by atoms with Crippen LogP contribution >= 0.6 is 46.2 Å². The number of amides is 1. The van der Waals surface area contributed by atoms with Gasteiger partial charge in [0, 0.05) is 72.7 Å². The minimum atomic E-state index is -1.11. The second-order valence-electron chi connectivity index (χ2n) is 22.1. The summed E-state index contributed by atoms with van der Waals surface area (Å²) in [5, 5.41) is 39.4. The number of rotatable bonds is 14. The Bertz CT molecular complexity index is 2660. The normalized spacial score (nSPS) is 18.7. The Hall–Kier alpha value is -4.28. The third-order valence-electron chi connectivity index (χ3n) is 14.0. The number of aromatic carboxylic acids is 1. The van der Waals surface area contributed by atoms with Crippen LogP contribution in [0.4, 0.5) is 11.4 Å². The van der Waals surface area contributed by atoms with Gasteiger partial charge in [0.15, 0.2) is 11.4 Å². The molecular formula is C50H72N12O4S4Si. The molecule has 4 aliphatic rings. The van der Waals surface area contributed by atoms with E-state index in [1.165, 1.54) is 35.9 Å². The minimum Gasteiger partial charge on any atom is -0.476 e. The van der Waals surface area contributed by atoms with Gasteiger partial charge in [0.1, 0.15) is 28.8 Å². The van der Waals surface area contributed by atoms with E-state index in [9.17, 15) is 14.7 Å². The van der Waals surface area contributed by atoms with E-state index in [1.807, 2.05) is 68.4 Å². The summed E-state index contributed by atoms with van der Waals surface area (Å²) in [5.74, 6) is 4.87. The zero-order valence-electron chi connectivity index (χ0n) is 42.4. The zero-order chi connectivity index (χ0) is 50.3. The lowest BCUT2D eigenvalue weighted by molar-refractivity contribution is 0.0667. The van der Waals surface area contributed by atoms with Gasteiger partial charge in [0.25, 0.3) is 5.91 Å². The lowest BCUT2D eigenvalue weighted by Gasteiger charge is -2.30. The van der Waals surface area contributed by atoms with E-state index >= 15 is 0 Å². The molecule has 2 fully saturated rings. The largest absolute Gasteiger partial charge is 0.476 e. The fourth-order valence-corrected chi connectivity index (χ4v) is 14.7. The van der Waals surface area contributed by atoms with Crippen molar-refractivity contribution in [2.75, 3.05) is 40.7 Å². The molecule has 6 aromatic rings. The molecule has 21 heteroatoms. The molecule has 2 saturated heterocycles. The molecular weight excluding hydrogens is 989 g/mol. The molecule has 16 nitrogen and oxygen atoms in total. The number of anilines is 2. The van der Waals surface area contributed by atoms with E-state index in [-0.39, 0.29) is 34.5 Å². The van der Waals surface area contributed by atoms with Gasteiger partial charge < -0.3 is 20.9 Å². The summed E-state index contributed by atoms with van der Waals surface area (Å²) in [5.41, 5.74) is 12.5. The van der Waals surface area contributed by atoms with E-state index in [1.54, 1.807) is 39.7 Å². The van der Waals surface area contributed by atoms with Crippen molar-refractivity contribution in [2.45, 2.75) is 136 Å². The summed E-state index contributed by atoms with van der Waals surface area (Å²) in [6, 6.07) is 1.48.